The van der Waals surface area contributed by atoms with Crippen molar-refractivity contribution in [1.29, 1.82) is 0 Å². The van der Waals surface area contributed by atoms with Gasteiger partial charge < -0.3 is 10.1 Å². The Kier molecular flexibility index (Phi) is 4.81. The number of thioether (sulfide) groups is 1. The van der Waals surface area contributed by atoms with Crippen LogP contribution in [0.15, 0.2) is 36.7 Å². The van der Waals surface area contributed by atoms with E-state index in [0.717, 1.165) is 11.1 Å². The number of rotatable bonds is 5. The van der Waals surface area contributed by atoms with Crippen LogP contribution < -0.4 is 10.1 Å². The Balaban J connectivity index is 1.79. The fourth-order valence-corrected chi connectivity index (χ4v) is 3.01. The number of nitrogens with zero attached hydrogens (tertiary/aromatic N) is 1. The number of nitrogens with one attached hydrogen (secondary N) is 1. The van der Waals surface area contributed by atoms with E-state index in [2.05, 4.69) is 10.3 Å². The first kappa shape index (κ1) is 15.8. The average molecular weight is 332 g/mol. The van der Waals surface area contributed by atoms with E-state index in [0.29, 0.717) is 30.0 Å². The highest BCUT2D eigenvalue weighted by atomic mass is 32.2. The molecular weight excluding hydrogens is 315 g/mol. The molecule has 1 aliphatic heterocycles. The summed E-state index contributed by atoms with van der Waals surface area (Å²) in [7, 11) is 0. The molecule has 0 saturated heterocycles. The van der Waals surface area contributed by atoms with Crippen LogP contribution in [0.2, 0.25) is 0 Å². The summed E-state index contributed by atoms with van der Waals surface area (Å²) >= 11 is 1.46. The van der Waals surface area contributed by atoms with Gasteiger partial charge in [0.15, 0.2) is 0 Å². The number of amides is 1. The summed E-state index contributed by atoms with van der Waals surface area (Å²) in [5, 5.41) is 2.82. The number of carbonyl (C=O) groups excluding carboxylic acids is 1. The molecule has 2 heterocycles. The topological polar surface area (TPSA) is 51.2 Å². The van der Waals surface area contributed by atoms with Crippen LogP contribution in [-0.4, -0.2) is 35.5 Å². The lowest BCUT2D eigenvalue weighted by Crippen LogP contribution is -2.35. The monoisotopic (exact) mass is 332 g/mol. The quantitative estimate of drug-likeness (QED) is 0.915. The van der Waals surface area contributed by atoms with Crippen molar-refractivity contribution in [2.24, 2.45) is 0 Å². The van der Waals surface area contributed by atoms with Gasteiger partial charge in [-0.2, -0.15) is 11.8 Å². The number of hydrogen-bond acceptors (Lipinski definition) is 4. The van der Waals surface area contributed by atoms with Crippen LogP contribution in [0.4, 0.5) is 4.39 Å². The molecule has 6 heteroatoms. The summed E-state index contributed by atoms with van der Waals surface area (Å²) in [6, 6.07) is 6.92. The van der Waals surface area contributed by atoms with Crippen molar-refractivity contribution in [3.63, 3.8) is 0 Å². The first-order valence-electron chi connectivity index (χ1n) is 7.33. The van der Waals surface area contributed by atoms with Crippen molar-refractivity contribution in [3.8, 4) is 16.9 Å². The molecule has 120 valence electrons. The van der Waals surface area contributed by atoms with Crippen LogP contribution in [0.3, 0.4) is 0 Å². The van der Waals surface area contributed by atoms with Gasteiger partial charge in [0.2, 0.25) is 5.91 Å². The largest absolute Gasteiger partial charge is 0.487 e. The molecule has 0 bridgehead atoms. The van der Waals surface area contributed by atoms with Crippen LogP contribution in [0, 0.1) is 5.82 Å². The van der Waals surface area contributed by atoms with Gasteiger partial charge in [-0.15, -0.1) is 0 Å². The molecular formula is C17H17FN2O2S. The van der Waals surface area contributed by atoms with E-state index in [4.69, 9.17) is 4.74 Å². The number of pyridine rings is 1. The zero-order valence-corrected chi connectivity index (χ0v) is 13.5. The van der Waals surface area contributed by atoms with Crippen molar-refractivity contribution in [2.45, 2.75) is 12.5 Å². The summed E-state index contributed by atoms with van der Waals surface area (Å²) in [5.41, 5.74) is 2.36. The number of fused-ring (bicyclic) bond motifs is 1. The Morgan fingerprint density at radius 3 is 2.91 bits per heavy atom. The Morgan fingerprint density at radius 2 is 2.17 bits per heavy atom. The third-order valence-corrected chi connectivity index (χ3v) is 4.26. The Hall–Kier alpha value is -2.08. The molecule has 1 amide bonds. The number of halogens is 1. The minimum Gasteiger partial charge on any atom is -0.487 e. The Labute approximate surface area is 138 Å². The van der Waals surface area contributed by atoms with E-state index in [9.17, 15) is 9.18 Å². The molecule has 1 unspecified atom stereocenters. The highest BCUT2D eigenvalue weighted by molar-refractivity contribution is 7.99. The average Bonchev–Trinajstić information content (AvgIpc) is 2.99. The van der Waals surface area contributed by atoms with Gasteiger partial charge in [0.25, 0.3) is 0 Å². The molecule has 1 aromatic carbocycles. The minimum absolute atomic E-state index is 0.0353. The lowest BCUT2D eigenvalue weighted by Gasteiger charge is -2.13. The first-order chi connectivity index (χ1) is 11.2. The Bertz CT molecular complexity index is 709. The minimum atomic E-state index is -0.268. The molecule has 0 spiro atoms. The maximum absolute atomic E-state index is 14.1. The number of hydrogen-bond donors (Lipinski definition) is 1. The highest BCUT2D eigenvalue weighted by Gasteiger charge is 2.29. The fraction of sp³-hybridized carbons (Fsp3) is 0.294. The standard InChI is InChI=1S/C17H17FN2O2S/c1-23-10-16(21)20-9-12-8-14-15(18)3-2-13(17(14)22-12)11-4-6-19-7-5-11/h2-7,12H,8-10H2,1H3,(H,20,21). The van der Waals surface area contributed by atoms with Gasteiger partial charge in [0.1, 0.15) is 17.7 Å². The Morgan fingerprint density at radius 1 is 1.39 bits per heavy atom. The SMILES string of the molecule is CSCC(=O)NCC1Cc2c(F)ccc(-c3ccncc3)c2O1. The summed E-state index contributed by atoms with van der Waals surface area (Å²) in [6.07, 6.45) is 5.48. The van der Waals surface area contributed by atoms with E-state index in [1.54, 1.807) is 18.5 Å². The second kappa shape index (κ2) is 7.00. The third kappa shape index (κ3) is 3.47. The molecule has 0 fully saturated rings. The molecule has 23 heavy (non-hydrogen) atoms. The van der Waals surface area contributed by atoms with Gasteiger partial charge in [0.05, 0.1) is 12.3 Å². The molecule has 1 aromatic heterocycles. The van der Waals surface area contributed by atoms with Gasteiger partial charge in [0, 0.05) is 29.9 Å². The number of ether oxygens (including phenoxy) is 1. The molecule has 0 radical (unpaired) electrons. The van der Waals surface area contributed by atoms with Crippen LogP contribution >= 0.6 is 11.8 Å². The van der Waals surface area contributed by atoms with Gasteiger partial charge in [-0.3, -0.25) is 9.78 Å². The van der Waals surface area contributed by atoms with Gasteiger partial charge in [-0.25, -0.2) is 4.39 Å². The van der Waals surface area contributed by atoms with Gasteiger partial charge in [-0.1, -0.05) is 0 Å². The second-order valence-electron chi connectivity index (χ2n) is 5.32. The van der Waals surface area contributed by atoms with Gasteiger partial charge in [-0.05, 0) is 36.1 Å². The van der Waals surface area contributed by atoms with Crippen molar-refractivity contribution in [2.75, 3.05) is 18.6 Å². The smallest absolute Gasteiger partial charge is 0.230 e. The van der Waals surface area contributed by atoms with Crippen LogP contribution in [0.5, 0.6) is 5.75 Å². The van der Waals surface area contributed by atoms with Crippen molar-refractivity contribution in [3.05, 3.63) is 48.0 Å². The predicted octanol–water partition coefficient (Wildman–Crippen LogP) is 2.67. The molecule has 0 aliphatic carbocycles. The molecule has 1 N–H and O–H groups in total. The highest BCUT2D eigenvalue weighted by Crippen LogP contribution is 2.39. The van der Waals surface area contributed by atoms with Crippen molar-refractivity contribution >= 4 is 17.7 Å². The molecule has 1 atom stereocenters. The second-order valence-corrected chi connectivity index (χ2v) is 6.19. The molecule has 1 aliphatic rings. The normalized spacial score (nSPS) is 15.8. The molecule has 2 aromatic rings. The summed E-state index contributed by atoms with van der Waals surface area (Å²) in [4.78, 5) is 15.6. The lowest BCUT2D eigenvalue weighted by molar-refractivity contribution is -0.118. The number of benzene rings is 1. The molecule has 3 rings (SSSR count). The van der Waals surface area contributed by atoms with Crippen molar-refractivity contribution in [1.82, 2.24) is 10.3 Å². The predicted molar refractivity (Wildman–Crippen MR) is 89.1 cm³/mol. The van der Waals surface area contributed by atoms with E-state index >= 15 is 0 Å². The van der Waals surface area contributed by atoms with Crippen LogP contribution in [0.25, 0.3) is 11.1 Å². The van der Waals surface area contributed by atoms with Crippen molar-refractivity contribution < 1.29 is 13.9 Å². The number of aromatic nitrogens is 1. The molecule has 0 saturated carbocycles. The fourth-order valence-electron chi connectivity index (χ4n) is 2.65. The maximum Gasteiger partial charge on any atom is 0.230 e. The number of carbonyl (C=O) groups is 1. The zero-order valence-electron chi connectivity index (χ0n) is 12.7. The van der Waals surface area contributed by atoms with E-state index in [1.807, 2.05) is 18.4 Å². The van der Waals surface area contributed by atoms with E-state index in [-0.39, 0.29) is 17.8 Å². The molecule has 4 nitrogen and oxygen atoms in total. The first-order valence-corrected chi connectivity index (χ1v) is 8.72. The maximum atomic E-state index is 14.1. The van der Waals surface area contributed by atoms with E-state index < -0.39 is 0 Å². The zero-order chi connectivity index (χ0) is 16.2. The summed E-state index contributed by atoms with van der Waals surface area (Å²) in [6.45, 7) is 0.378. The van der Waals surface area contributed by atoms with Gasteiger partial charge >= 0.3 is 0 Å². The van der Waals surface area contributed by atoms with E-state index in [1.165, 1.54) is 17.8 Å². The third-order valence-electron chi connectivity index (χ3n) is 3.71. The van der Waals surface area contributed by atoms with Crippen LogP contribution in [-0.2, 0) is 11.2 Å². The lowest BCUT2D eigenvalue weighted by atomic mass is 10.0. The summed E-state index contributed by atoms with van der Waals surface area (Å²) in [5.74, 6) is 0.680. The van der Waals surface area contributed by atoms with Crippen LogP contribution in [0.1, 0.15) is 5.56 Å². The summed E-state index contributed by atoms with van der Waals surface area (Å²) < 4.78 is 20.0.